The number of aryl methyl sites for hydroxylation is 1. The maximum Gasteiger partial charge on any atom is 0.274 e. The molecule has 8 nitrogen and oxygen atoms in total. The number of aliphatic hydroxyl groups is 3. The summed E-state index contributed by atoms with van der Waals surface area (Å²) in [6.45, 7) is 1.81. The molecular formula is C18H22F2N4O4. The quantitative estimate of drug-likeness (QED) is 0.461. The average molecular weight is 396 g/mol. The molecule has 0 radical (unpaired) electrons. The molecule has 0 spiro atoms. The lowest BCUT2D eigenvalue weighted by Gasteiger charge is -2.26. The van der Waals surface area contributed by atoms with Crippen LogP contribution in [0.25, 0.3) is 11.3 Å². The summed E-state index contributed by atoms with van der Waals surface area (Å²) < 4.78 is 26.5. The van der Waals surface area contributed by atoms with Crippen molar-refractivity contribution in [1.82, 2.24) is 15.3 Å². The number of rotatable bonds is 7. The van der Waals surface area contributed by atoms with Gasteiger partial charge >= 0.3 is 0 Å². The van der Waals surface area contributed by atoms with Gasteiger partial charge < -0.3 is 26.4 Å². The molecule has 0 saturated heterocycles. The van der Waals surface area contributed by atoms with Crippen LogP contribution in [-0.4, -0.2) is 56.9 Å². The fraction of sp³-hybridized carbons (Fsp3) is 0.389. The van der Waals surface area contributed by atoms with Crippen LogP contribution >= 0.6 is 0 Å². The van der Waals surface area contributed by atoms with Crippen LogP contribution < -0.4 is 11.1 Å². The van der Waals surface area contributed by atoms with Gasteiger partial charge in [-0.1, -0.05) is 12.1 Å². The molecule has 0 aliphatic heterocycles. The number of aliphatic hydroxyl groups excluding tert-OH is 2. The molecule has 2 aromatic rings. The lowest BCUT2D eigenvalue weighted by molar-refractivity contribution is -0.129. The third kappa shape index (κ3) is 4.24. The normalized spacial score (nSPS) is 14.6. The van der Waals surface area contributed by atoms with E-state index in [-0.39, 0.29) is 29.4 Å². The van der Waals surface area contributed by atoms with Crippen LogP contribution in [0, 0.1) is 6.92 Å². The number of alkyl halides is 2. The Morgan fingerprint density at radius 2 is 2.04 bits per heavy atom. The van der Waals surface area contributed by atoms with Crippen LogP contribution in [0.1, 0.15) is 28.5 Å². The first-order valence-corrected chi connectivity index (χ1v) is 8.41. The zero-order valence-corrected chi connectivity index (χ0v) is 15.4. The standard InChI is InChI=1S/C18H22F2N4O4/c1-9-3-4-11(18(28,8-26)17(19)20)5-12(9)13-6-22-15(21)14(24-13)16(27)23-10(2)7-25/h3-6,10,17,25-26,28H,7-8H2,1-2H3,(H2,21,22)(H,23,27). The van der Waals surface area contributed by atoms with Gasteiger partial charge in [-0.2, -0.15) is 0 Å². The van der Waals surface area contributed by atoms with Crippen molar-refractivity contribution >= 4 is 11.7 Å². The Labute approximate surface area is 160 Å². The molecule has 2 rings (SSSR count). The molecule has 152 valence electrons. The maximum atomic E-state index is 13.3. The Bertz CT molecular complexity index is 865. The van der Waals surface area contributed by atoms with Crippen molar-refractivity contribution in [3.63, 3.8) is 0 Å². The number of nitrogens with zero attached hydrogens (tertiary/aromatic N) is 2. The van der Waals surface area contributed by atoms with Crippen molar-refractivity contribution in [1.29, 1.82) is 0 Å². The van der Waals surface area contributed by atoms with Gasteiger partial charge in [0.05, 0.1) is 25.1 Å². The number of nitrogens with one attached hydrogen (secondary N) is 1. The minimum absolute atomic E-state index is 0.139. The molecule has 0 fully saturated rings. The van der Waals surface area contributed by atoms with Gasteiger partial charge in [0.15, 0.2) is 17.1 Å². The predicted octanol–water partition coefficient (Wildman–Crippen LogP) is 0.590. The molecule has 10 heteroatoms. The van der Waals surface area contributed by atoms with Crippen LogP contribution in [0.15, 0.2) is 24.4 Å². The van der Waals surface area contributed by atoms with E-state index in [1.54, 1.807) is 13.8 Å². The van der Waals surface area contributed by atoms with Crippen molar-refractivity contribution in [2.75, 3.05) is 18.9 Å². The third-order valence-electron chi connectivity index (χ3n) is 4.28. The number of anilines is 1. The van der Waals surface area contributed by atoms with Crippen molar-refractivity contribution < 1.29 is 28.9 Å². The first-order chi connectivity index (χ1) is 13.1. The number of halogens is 2. The van der Waals surface area contributed by atoms with E-state index in [9.17, 15) is 23.8 Å². The number of carbonyl (C=O) groups is 1. The Balaban J connectivity index is 2.52. The zero-order chi connectivity index (χ0) is 21.1. The molecule has 0 bridgehead atoms. The first kappa shape index (κ1) is 21.6. The number of nitrogens with two attached hydrogens (primary N) is 1. The van der Waals surface area contributed by atoms with Crippen molar-refractivity contribution in [2.45, 2.75) is 31.9 Å². The predicted molar refractivity (Wildman–Crippen MR) is 97.6 cm³/mol. The van der Waals surface area contributed by atoms with E-state index in [2.05, 4.69) is 15.3 Å². The van der Waals surface area contributed by atoms with E-state index >= 15 is 0 Å². The Morgan fingerprint density at radius 3 is 2.61 bits per heavy atom. The molecule has 1 aromatic carbocycles. The van der Waals surface area contributed by atoms with Crippen molar-refractivity contribution in [3.8, 4) is 11.3 Å². The van der Waals surface area contributed by atoms with Crippen LogP contribution in [0.2, 0.25) is 0 Å². The summed E-state index contributed by atoms with van der Waals surface area (Å²) in [5.41, 5.74) is 3.71. The van der Waals surface area contributed by atoms with Gasteiger partial charge in [0, 0.05) is 11.6 Å². The summed E-state index contributed by atoms with van der Waals surface area (Å²) in [5.74, 6) is -0.790. The lowest BCUT2D eigenvalue weighted by atomic mass is 9.91. The highest BCUT2D eigenvalue weighted by Gasteiger charge is 2.39. The smallest absolute Gasteiger partial charge is 0.274 e. The lowest BCUT2D eigenvalue weighted by Crippen LogP contribution is -2.38. The van der Waals surface area contributed by atoms with E-state index in [0.717, 1.165) is 0 Å². The number of amides is 1. The van der Waals surface area contributed by atoms with Gasteiger partial charge in [-0.15, -0.1) is 0 Å². The minimum Gasteiger partial charge on any atom is -0.394 e. The van der Waals surface area contributed by atoms with Crippen LogP contribution in [-0.2, 0) is 5.60 Å². The number of carbonyl (C=O) groups excluding carboxylic acids is 1. The van der Waals surface area contributed by atoms with Gasteiger partial charge in [-0.25, -0.2) is 18.7 Å². The van der Waals surface area contributed by atoms with Gasteiger partial charge in [0.1, 0.15) is 0 Å². The average Bonchev–Trinajstić information content (AvgIpc) is 2.67. The summed E-state index contributed by atoms with van der Waals surface area (Å²) >= 11 is 0. The molecular weight excluding hydrogens is 374 g/mol. The third-order valence-corrected chi connectivity index (χ3v) is 4.28. The topological polar surface area (TPSA) is 142 Å². The van der Waals surface area contributed by atoms with Crippen LogP contribution in [0.4, 0.5) is 14.6 Å². The zero-order valence-electron chi connectivity index (χ0n) is 15.4. The number of hydrogen-bond donors (Lipinski definition) is 5. The Kier molecular flexibility index (Phi) is 6.60. The number of nitrogen functional groups attached to an aromatic ring is 1. The van der Waals surface area contributed by atoms with Crippen LogP contribution in [0.3, 0.4) is 0 Å². The fourth-order valence-corrected chi connectivity index (χ4v) is 2.49. The highest BCUT2D eigenvalue weighted by molar-refractivity contribution is 5.97. The monoisotopic (exact) mass is 396 g/mol. The summed E-state index contributed by atoms with van der Waals surface area (Å²) in [5, 5.41) is 30.9. The van der Waals surface area contributed by atoms with E-state index in [0.29, 0.717) is 11.1 Å². The SMILES string of the molecule is Cc1ccc(C(O)(CO)C(F)F)cc1-c1cnc(N)c(C(=O)NC(C)CO)n1. The second kappa shape index (κ2) is 8.55. The van der Waals surface area contributed by atoms with Crippen LogP contribution in [0.5, 0.6) is 0 Å². The Morgan fingerprint density at radius 1 is 1.36 bits per heavy atom. The highest BCUT2D eigenvalue weighted by atomic mass is 19.3. The van der Waals surface area contributed by atoms with E-state index in [1.807, 2.05) is 0 Å². The number of benzene rings is 1. The van der Waals surface area contributed by atoms with Gasteiger partial charge in [-0.3, -0.25) is 4.79 Å². The summed E-state index contributed by atoms with van der Waals surface area (Å²) in [6, 6.07) is 3.49. The molecule has 0 saturated carbocycles. The molecule has 6 N–H and O–H groups in total. The molecule has 2 unspecified atom stereocenters. The minimum atomic E-state index is -3.22. The van der Waals surface area contributed by atoms with E-state index < -0.39 is 30.6 Å². The molecule has 0 aliphatic rings. The van der Waals surface area contributed by atoms with E-state index in [4.69, 9.17) is 10.8 Å². The molecule has 28 heavy (non-hydrogen) atoms. The fourth-order valence-electron chi connectivity index (χ4n) is 2.49. The van der Waals surface area contributed by atoms with Gasteiger partial charge in [0.25, 0.3) is 12.3 Å². The first-order valence-electron chi connectivity index (χ1n) is 8.41. The highest BCUT2D eigenvalue weighted by Crippen LogP contribution is 2.32. The molecule has 2 atom stereocenters. The van der Waals surface area contributed by atoms with Crippen molar-refractivity contribution in [3.05, 3.63) is 41.2 Å². The molecule has 1 heterocycles. The van der Waals surface area contributed by atoms with Crippen molar-refractivity contribution in [2.24, 2.45) is 0 Å². The second-order valence-electron chi connectivity index (χ2n) is 6.46. The summed E-state index contributed by atoms with van der Waals surface area (Å²) in [4.78, 5) is 20.4. The molecule has 1 aromatic heterocycles. The second-order valence-corrected chi connectivity index (χ2v) is 6.46. The van der Waals surface area contributed by atoms with Gasteiger partial charge in [0.2, 0.25) is 0 Å². The Hall–Kier alpha value is -2.69. The summed E-state index contributed by atoms with van der Waals surface area (Å²) in [7, 11) is 0. The van der Waals surface area contributed by atoms with E-state index in [1.165, 1.54) is 24.4 Å². The largest absolute Gasteiger partial charge is 0.394 e. The maximum absolute atomic E-state index is 13.3. The molecule has 1 amide bonds. The molecule has 0 aliphatic carbocycles. The number of aromatic nitrogens is 2. The summed E-state index contributed by atoms with van der Waals surface area (Å²) in [6.07, 6.45) is -1.94. The number of hydrogen-bond acceptors (Lipinski definition) is 7. The van der Waals surface area contributed by atoms with Gasteiger partial charge in [-0.05, 0) is 31.0 Å².